The first-order valence-corrected chi connectivity index (χ1v) is 20.3. The van der Waals surface area contributed by atoms with Crippen LogP contribution in [0.3, 0.4) is 0 Å². The number of aliphatic carboxylic acids is 1. The summed E-state index contributed by atoms with van der Waals surface area (Å²) in [5.41, 5.74) is 0. The molecule has 0 aromatic heterocycles. The lowest BCUT2D eigenvalue weighted by molar-refractivity contribution is -0.887. The Labute approximate surface area is 318 Å². The highest BCUT2D eigenvalue weighted by Crippen LogP contribution is 2.14. The van der Waals surface area contributed by atoms with Crippen LogP contribution in [-0.2, 0) is 28.6 Å². The van der Waals surface area contributed by atoms with Crippen molar-refractivity contribution < 1.29 is 38.2 Å². The van der Waals surface area contributed by atoms with E-state index in [9.17, 15) is 19.5 Å². The van der Waals surface area contributed by atoms with Gasteiger partial charge in [0.25, 0.3) is 0 Å². The molecule has 0 radical (unpaired) electrons. The number of quaternary nitrogens is 1. The van der Waals surface area contributed by atoms with Gasteiger partial charge in [-0.3, -0.25) is 9.59 Å². The van der Waals surface area contributed by atoms with Crippen molar-refractivity contribution in [3.05, 3.63) is 60.8 Å². The van der Waals surface area contributed by atoms with Gasteiger partial charge in [-0.1, -0.05) is 132 Å². The fourth-order valence-corrected chi connectivity index (χ4v) is 5.58. The second-order valence-corrected chi connectivity index (χ2v) is 14.5. The van der Waals surface area contributed by atoms with E-state index in [2.05, 4.69) is 62.5 Å². The van der Waals surface area contributed by atoms with Crippen molar-refractivity contribution in [2.24, 2.45) is 0 Å². The van der Waals surface area contributed by atoms with E-state index in [4.69, 9.17) is 14.2 Å². The summed E-state index contributed by atoms with van der Waals surface area (Å²) in [6.45, 7) is 4.40. The summed E-state index contributed by atoms with van der Waals surface area (Å²) in [5.74, 6) is -1.57. The highest BCUT2D eigenvalue weighted by Gasteiger charge is 2.31. The van der Waals surface area contributed by atoms with Crippen LogP contribution in [0, 0.1) is 0 Å². The molecule has 0 aliphatic carbocycles. The van der Waals surface area contributed by atoms with Crippen molar-refractivity contribution in [1.29, 1.82) is 0 Å². The fraction of sp³-hybridized carbons (Fsp3) is 0.705. The zero-order chi connectivity index (χ0) is 38.5. The van der Waals surface area contributed by atoms with Gasteiger partial charge in [0.05, 0.1) is 34.4 Å². The number of carbonyl (C=O) groups excluding carboxylic acids is 2. The van der Waals surface area contributed by atoms with Crippen molar-refractivity contribution in [1.82, 2.24) is 0 Å². The number of rotatable bonds is 35. The quantitative estimate of drug-likeness (QED) is 0.0300. The molecule has 8 nitrogen and oxygen atoms in total. The minimum absolute atomic E-state index is 0.0403. The Kier molecular flexibility index (Phi) is 33.1. The number of allylic oxidation sites excluding steroid dienone is 10. The summed E-state index contributed by atoms with van der Waals surface area (Å²) < 4.78 is 17.1. The van der Waals surface area contributed by atoms with Crippen LogP contribution in [0.4, 0.5) is 0 Å². The second kappa shape index (κ2) is 35.1. The summed E-state index contributed by atoms with van der Waals surface area (Å²) in [7, 11) is 5.49. The van der Waals surface area contributed by atoms with E-state index in [1.54, 1.807) is 0 Å². The Morgan fingerprint density at radius 1 is 0.577 bits per heavy atom. The minimum atomic E-state index is -0.885. The fourth-order valence-electron chi connectivity index (χ4n) is 5.58. The van der Waals surface area contributed by atoms with Crippen molar-refractivity contribution in [3.8, 4) is 0 Å². The van der Waals surface area contributed by atoms with Crippen LogP contribution in [0.5, 0.6) is 0 Å². The topological polar surface area (TPSA) is 99.1 Å². The third-order valence-electron chi connectivity index (χ3n) is 8.68. The number of carboxylic acids is 1. The van der Waals surface area contributed by atoms with Gasteiger partial charge in [-0.25, -0.2) is 4.79 Å². The maximum Gasteiger partial charge on any atom is 0.362 e. The van der Waals surface area contributed by atoms with Gasteiger partial charge in [0.1, 0.15) is 6.61 Å². The van der Waals surface area contributed by atoms with Gasteiger partial charge in [-0.2, -0.15) is 0 Å². The summed E-state index contributed by atoms with van der Waals surface area (Å²) in [5, 5.41) is 9.57. The molecule has 0 fully saturated rings. The zero-order valence-corrected chi connectivity index (χ0v) is 33.7. The smallest absolute Gasteiger partial charge is 0.362 e. The average molecular weight is 731 g/mol. The van der Waals surface area contributed by atoms with Crippen molar-refractivity contribution in [3.63, 3.8) is 0 Å². The third kappa shape index (κ3) is 32.9. The molecule has 0 amide bonds. The Hall–Kier alpha value is -2.97. The molecule has 0 bridgehead atoms. The van der Waals surface area contributed by atoms with Crippen LogP contribution < -0.4 is 0 Å². The molecule has 0 aromatic rings. The van der Waals surface area contributed by atoms with E-state index in [1.165, 1.54) is 57.8 Å². The van der Waals surface area contributed by atoms with Crippen LogP contribution in [0.2, 0.25) is 0 Å². The molecule has 0 saturated carbocycles. The Morgan fingerprint density at radius 3 is 1.58 bits per heavy atom. The maximum atomic E-state index is 12.7. The monoisotopic (exact) mass is 731 g/mol. The number of ether oxygens (including phenoxy) is 3. The number of carbonyl (C=O) groups is 3. The van der Waals surface area contributed by atoms with Crippen molar-refractivity contribution in [2.75, 3.05) is 41.0 Å². The Balaban J connectivity index is 4.25. The van der Waals surface area contributed by atoms with E-state index in [-0.39, 0.29) is 42.7 Å². The number of likely N-dealkylation sites (N-methyl/N-ethyl adjacent to an activating group) is 1. The highest BCUT2D eigenvalue weighted by atomic mass is 16.6. The van der Waals surface area contributed by atoms with E-state index >= 15 is 0 Å². The molecule has 0 aromatic carbocycles. The normalized spacial score (nSPS) is 13.6. The van der Waals surface area contributed by atoms with Gasteiger partial charge in [0, 0.05) is 19.3 Å². The van der Waals surface area contributed by atoms with Crippen LogP contribution in [0.25, 0.3) is 0 Å². The summed E-state index contributed by atoms with van der Waals surface area (Å²) in [4.78, 5) is 36.7. The zero-order valence-electron chi connectivity index (χ0n) is 33.7. The van der Waals surface area contributed by atoms with Gasteiger partial charge in [0.15, 0.2) is 12.1 Å². The molecule has 0 heterocycles. The molecule has 1 N–H and O–H groups in total. The first-order chi connectivity index (χ1) is 25.1. The predicted molar refractivity (Wildman–Crippen MR) is 215 cm³/mol. The van der Waals surface area contributed by atoms with Gasteiger partial charge in [-0.15, -0.1) is 0 Å². The summed E-state index contributed by atoms with van der Waals surface area (Å²) >= 11 is 0. The lowest BCUT2D eigenvalue weighted by atomic mass is 10.0. The lowest BCUT2D eigenvalue weighted by Crippen LogP contribution is -2.50. The summed E-state index contributed by atoms with van der Waals surface area (Å²) in [6, 6.07) is -0.622. The molecule has 0 aliphatic heterocycles. The lowest BCUT2D eigenvalue weighted by Gasteiger charge is -2.31. The van der Waals surface area contributed by atoms with E-state index in [0.717, 1.165) is 51.4 Å². The van der Waals surface area contributed by atoms with E-state index in [0.29, 0.717) is 19.3 Å². The SMILES string of the molecule is CC/C=C/C/C=C/C/C=C/CCCCCCCCCCCCCC(=O)OC(COCCC(C(=O)O)[N+](C)(C)C)COC(=O)CC/C=C/C/C=C/CC. The molecule has 0 spiro atoms. The van der Waals surface area contributed by atoms with E-state index in [1.807, 2.05) is 33.3 Å². The Bertz CT molecular complexity index is 1040. The Morgan fingerprint density at radius 2 is 1.06 bits per heavy atom. The largest absolute Gasteiger partial charge is 0.477 e. The second-order valence-electron chi connectivity index (χ2n) is 14.5. The molecule has 0 aliphatic rings. The first-order valence-electron chi connectivity index (χ1n) is 20.3. The van der Waals surface area contributed by atoms with Gasteiger partial charge in [0.2, 0.25) is 0 Å². The van der Waals surface area contributed by atoms with Gasteiger partial charge >= 0.3 is 17.9 Å². The number of unbranched alkanes of at least 4 members (excludes halogenated alkanes) is 11. The number of esters is 2. The molecule has 2 unspecified atom stereocenters. The van der Waals surface area contributed by atoms with Gasteiger partial charge in [-0.05, 0) is 57.8 Å². The molecule has 2 atom stereocenters. The molecule has 52 heavy (non-hydrogen) atoms. The highest BCUT2D eigenvalue weighted by molar-refractivity contribution is 5.72. The molecule has 298 valence electrons. The minimum Gasteiger partial charge on any atom is -0.477 e. The standard InChI is InChI=1S/C44H75NO7/c1-6-8-10-12-14-15-16-17-18-19-20-21-22-23-24-25-26-27-29-31-33-35-43(47)52-40(38-50-37-36-41(44(48)49)45(3,4)5)39-51-42(46)34-32-30-28-13-11-9-7-2/h8-11,14-15,17-18,28,30,40-41H,6-7,12-13,16,19-27,29,31-39H2,1-5H3/p+1/b10-8+,11-9+,15-14+,18-17+,30-28+. The third-order valence-corrected chi connectivity index (χ3v) is 8.68. The molecule has 0 saturated heterocycles. The summed E-state index contributed by atoms with van der Waals surface area (Å²) in [6.07, 6.45) is 41.7. The number of nitrogens with zero attached hydrogens (tertiary/aromatic N) is 1. The molecule has 8 heteroatoms. The van der Waals surface area contributed by atoms with E-state index < -0.39 is 18.1 Å². The van der Waals surface area contributed by atoms with Crippen LogP contribution >= 0.6 is 0 Å². The number of carboxylic acid groups (broad SMARTS) is 1. The van der Waals surface area contributed by atoms with Crippen LogP contribution in [0.15, 0.2) is 60.8 Å². The van der Waals surface area contributed by atoms with Gasteiger partial charge < -0.3 is 23.8 Å². The molecule has 0 rings (SSSR count). The number of hydrogen-bond donors (Lipinski definition) is 1. The molecular weight excluding hydrogens is 654 g/mol. The van der Waals surface area contributed by atoms with Crippen LogP contribution in [0.1, 0.15) is 149 Å². The number of hydrogen-bond acceptors (Lipinski definition) is 6. The molecular formula is C44H76NO7+. The van der Waals surface area contributed by atoms with Crippen molar-refractivity contribution >= 4 is 17.9 Å². The average Bonchev–Trinajstić information content (AvgIpc) is 3.09. The predicted octanol–water partition coefficient (Wildman–Crippen LogP) is 10.6. The maximum absolute atomic E-state index is 12.7. The first kappa shape index (κ1) is 49.0. The van der Waals surface area contributed by atoms with Crippen molar-refractivity contribution in [2.45, 2.75) is 161 Å². The van der Waals surface area contributed by atoms with Crippen LogP contribution in [-0.4, -0.2) is 80.6 Å².